The SMILES string of the molecule is FC(F)(F)c1cn(Cc2ccc(-c3noc(C(F)(F)F)n3)cc2)cn1. The van der Waals surface area contributed by atoms with E-state index in [9.17, 15) is 26.3 Å². The molecule has 0 aliphatic rings. The highest BCUT2D eigenvalue weighted by Gasteiger charge is 2.38. The topological polar surface area (TPSA) is 56.7 Å². The summed E-state index contributed by atoms with van der Waals surface area (Å²) in [4.78, 5) is 6.53. The van der Waals surface area contributed by atoms with Gasteiger partial charge in [0.15, 0.2) is 5.69 Å². The van der Waals surface area contributed by atoms with Crippen molar-refractivity contribution in [3.05, 3.63) is 53.9 Å². The molecule has 5 nitrogen and oxygen atoms in total. The summed E-state index contributed by atoms with van der Waals surface area (Å²) in [5, 5.41) is 3.25. The van der Waals surface area contributed by atoms with E-state index < -0.39 is 23.9 Å². The zero-order chi connectivity index (χ0) is 18.2. The average molecular weight is 362 g/mol. The van der Waals surface area contributed by atoms with Gasteiger partial charge in [0.25, 0.3) is 0 Å². The summed E-state index contributed by atoms with van der Waals surface area (Å²) in [6, 6.07) is 5.96. The number of benzene rings is 1. The highest BCUT2D eigenvalue weighted by molar-refractivity contribution is 5.54. The Bertz CT molecular complexity index is 863. The van der Waals surface area contributed by atoms with Crippen molar-refractivity contribution in [3.8, 4) is 11.4 Å². The van der Waals surface area contributed by atoms with Crippen molar-refractivity contribution in [2.75, 3.05) is 0 Å². The monoisotopic (exact) mass is 362 g/mol. The van der Waals surface area contributed by atoms with Gasteiger partial charge in [-0.15, -0.1) is 0 Å². The largest absolute Gasteiger partial charge is 0.471 e. The fourth-order valence-corrected chi connectivity index (χ4v) is 2.02. The van der Waals surface area contributed by atoms with Gasteiger partial charge in [0, 0.05) is 18.3 Å². The second-order valence-electron chi connectivity index (χ2n) is 5.05. The van der Waals surface area contributed by atoms with Crippen LogP contribution in [0.1, 0.15) is 17.1 Å². The van der Waals surface area contributed by atoms with E-state index in [1.165, 1.54) is 28.8 Å². The molecule has 0 unspecified atom stereocenters. The van der Waals surface area contributed by atoms with Gasteiger partial charge in [-0.05, 0) is 5.56 Å². The maximum absolute atomic E-state index is 12.5. The zero-order valence-corrected chi connectivity index (χ0v) is 12.1. The molecule has 25 heavy (non-hydrogen) atoms. The van der Waals surface area contributed by atoms with Gasteiger partial charge >= 0.3 is 18.2 Å². The van der Waals surface area contributed by atoms with Crippen LogP contribution in [0.3, 0.4) is 0 Å². The first kappa shape index (κ1) is 17.0. The smallest absolute Gasteiger partial charge is 0.332 e. The Morgan fingerprint density at radius 1 is 0.960 bits per heavy atom. The van der Waals surface area contributed by atoms with E-state index in [-0.39, 0.29) is 17.9 Å². The number of hydrogen-bond acceptors (Lipinski definition) is 4. The first-order valence-electron chi connectivity index (χ1n) is 6.72. The van der Waals surface area contributed by atoms with Crippen molar-refractivity contribution >= 4 is 0 Å². The normalized spacial score (nSPS) is 12.6. The van der Waals surface area contributed by atoms with Gasteiger partial charge in [0.1, 0.15) is 0 Å². The van der Waals surface area contributed by atoms with Crippen LogP contribution in [0.2, 0.25) is 0 Å². The molecule has 0 aliphatic carbocycles. The first-order valence-corrected chi connectivity index (χ1v) is 6.72. The third-order valence-electron chi connectivity index (χ3n) is 3.17. The van der Waals surface area contributed by atoms with E-state index in [0.29, 0.717) is 5.56 Å². The lowest BCUT2D eigenvalue weighted by Crippen LogP contribution is -2.05. The lowest BCUT2D eigenvalue weighted by molar-refractivity contribution is -0.159. The Labute approximate surface area is 135 Å². The molecule has 0 saturated carbocycles. The number of nitrogens with zero attached hydrogens (tertiary/aromatic N) is 4. The Hall–Kier alpha value is -2.85. The number of hydrogen-bond donors (Lipinski definition) is 0. The standard InChI is InChI=1S/C14H8F6N4O/c15-13(16,17)10-6-24(7-21-10)5-8-1-3-9(4-2-8)11-22-12(25-23-11)14(18,19)20/h1-4,6-7H,5H2. The maximum atomic E-state index is 12.5. The van der Waals surface area contributed by atoms with E-state index >= 15 is 0 Å². The van der Waals surface area contributed by atoms with Crippen molar-refractivity contribution in [1.29, 1.82) is 0 Å². The average Bonchev–Trinajstić information content (AvgIpc) is 3.15. The van der Waals surface area contributed by atoms with E-state index in [2.05, 4.69) is 19.6 Å². The summed E-state index contributed by atoms with van der Waals surface area (Å²) in [5.74, 6) is -1.69. The third-order valence-corrected chi connectivity index (χ3v) is 3.17. The van der Waals surface area contributed by atoms with Gasteiger partial charge in [-0.25, -0.2) is 4.98 Å². The summed E-state index contributed by atoms with van der Waals surface area (Å²) in [7, 11) is 0. The quantitative estimate of drug-likeness (QED) is 0.661. The molecular weight excluding hydrogens is 354 g/mol. The second kappa shape index (κ2) is 5.90. The molecule has 0 saturated heterocycles. The number of alkyl halides is 6. The molecule has 0 atom stereocenters. The van der Waals surface area contributed by atoms with Crippen LogP contribution in [0, 0.1) is 0 Å². The Morgan fingerprint density at radius 3 is 2.16 bits per heavy atom. The molecule has 2 heterocycles. The lowest BCUT2D eigenvalue weighted by Gasteiger charge is -2.04. The van der Waals surface area contributed by atoms with Crippen molar-refractivity contribution in [1.82, 2.24) is 19.7 Å². The predicted molar refractivity (Wildman–Crippen MR) is 71.1 cm³/mol. The van der Waals surface area contributed by atoms with Gasteiger partial charge in [0.2, 0.25) is 5.82 Å². The molecule has 0 fully saturated rings. The van der Waals surface area contributed by atoms with Crippen molar-refractivity contribution in [2.24, 2.45) is 0 Å². The van der Waals surface area contributed by atoms with Crippen LogP contribution in [0.15, 0.2) is 41.3 Å². The molecule has 0 bridgehead atoms. The molecule has 0 N–H and O–H groups in total. The fraction of sp³-hybridized carbons (Fsp3) is 0.214. The number of rotatable bonds is 3. The summed E-state index contributed by atoms with van der Waals surface area (Å²) in [6.45, 7) is 0.114. The molecular formula is C14H8F6N4O. The minimum Gasteiger partial charge on any atom is -0.332 e. The molecule has 2 aromatic heterocycles. The van der Waals surface area contributed by atoms with E-state index in [0.717, 1.165) is 12.5 Å². The molecule has 0 radical (unpaired) electrons. The predicted octanol–water partition coefficient (Wildman–Crippen LogP) is 4.02. The van der Waals surface area contributed by atoms with E-state index in [1.807, 2.05) is 0 Å². The van der Waals surface area contributed by atoms with E-state index in [4.69, 9.17) is 0 Å². The molecule has 132 valence electrons. The van der Waals surface area contributed by atoms with Gasteiger partial charge in [0.05, 0.1) is 6.33 Å². The summed E-state index contributed by atoms with van der Waals surface area (Å²) >= 11 is 0. The Balaban J connectivity index is 1.74. The zero-order valence-electron chi connectivity index (χ0n) is 12.1. The lowest BCUT2D eigenvalue weighted by atomic mass is 10.1. The minimum absolute atomic E-state index is 0.114. The van der Waals surface area contributed by atoms with Crippen molar-refractivity contribution in [3.63, 3.8) is 0 Å². The molecule has 1 aromatic carbocycles. The van der Waals surface area contributed by atoms with Gasteiger partial charge in [-0.3, -0.25) is 0 Å². The molecule has 0 amide bonds. The molecule has 0 spiro atoms. The van der Waals surface area contributed by atoms with Crippen LogP contribution in [-0.2, 0) is 18.9 Å². The summed E-state index contributed by atoms with van der Waals surface area (Å²) < 4.78 is 80.1. The highest BCUT2D eigenvalue weighted by atomic mass is 19.4. The van der Waals surface area contributed by atoms with Crippen LogP contribution in [0.4, 0.5) is 26.3 Å². The number of halogens is 6. The molecule has 3 aromatic rings. The van der Waals surface area contributed by atoms with E-state index in [1.54, 1.807) is 0 Å². The minimum atomic E-state index is -4.73. The first-order chi connectivity index (χ1) is 11.6. The van der Waals surface area contributed by atoms with Gasteiger partial charge in [-0.1, -0.05) is 29.4 Å². The van der Waals surface area contributed by atoms with Crippen LogP contribution < -0.4 is 0 Å². The molecule has 11 heteroatoms. The maximum Gasteiger partial charge on any atom is 0.471 e. The van der Waals surface area contributed by atoms with Crippen molar-refractivity contribution < 1.29 is 30.9 Å². The second-order valence-corrected chi connectivity index (χ2v) is 5.05. The number of imidazole rings is 1. The summed E-state index contributed by atoms with van der Waals surface area (Å²) in [6.07, 6.45) is -7.35. The fourth-order valence-electron chi connectivity index (χ4n) is 2.02. The van der Waals surface area contributed by atoms with Crippen LogP contribution in [-0.4, -0.2) is 19.7 Å². The van der Waals surface area contributed by atoms with Crippen molar-refractivity contribution in [2.45, 2.75) is 18.9 Å². The van der Waals surface area contributed by atoms with Crippen LogP contribution in [0.5, 0.6) is 0 Å². The van der Waals surface area contributed by atoms with Crippen LogP contribution >= 0.6 is 0 Å². The third kappa shape index (κ3) is 3.80. The Kier molecular flexibility index (Phi) is 4.01. The Morgan fingerprint density at radius 2 is 1.64 bits per heavy atom. The molecule has 0 aliphatic heterocycles. The molecule has 3 rings (SSSR count). The van der Waals surface area contributed by atoms with Gasteiger partial charge in [-0.2, -0.15) is 31.3 Å². The number of aromatic nitrogens is 4. The van der Waals surface area contributed by atoms with Gasteiger partial charge < -0.3 is 9.09 Å². The highest BCUT2D eigenvalue weighted by Crippen LogP contribution is 2.30. The van der Waals surface area contributed by atoms with Crippen LogP contribution in [0.25, 0.3) is 11.4 Å². The summed E-state index contributed by atoms with van der Waals surface area (Å²) in [5.41, 5.74) is -0.102.